The van der Waals surface area contributed by atoms with E-state index in [0.717, 1.165) is 58.2 Å². The zero-order valence-electron chi connectivity index (χ0n) is 78.5. The van der Waals surface area contributed by atoms with Gasteiger partial charge in [-0.05, 0) is 163 Å². The second kappa shape index (κ2) is 42.3. The third-order valence-corrected chi connectivity index (χ3v) is 48.8. The van der Waals surface area contributed by atoms with Crippen molar-refractivity contribution in [2.75, 3.05) is 66.1 Å². The van der Waals surface area contributed by atoms with Crippen LogP contribution < -0.4 is 0 Å². The van der Waals surface area contributed by atoms with E-state index in [-0.39, 0.29) is 160 Å². The molecule has 7 aliphatic heterocycles. The summed E-state index contributed by atoms with van der Waals surface area (Å²) < 4.78 is 80.9. The monoisotopic (exact) mass is 1770 g/mol. The molecule has 0 aromatic carbocycles. The van der Waals surface area contributed by atoms with Gasteiger partial charge in [-0.3, -0.25) is 9.59 Å². The Morgan fingerprint density at radius 2 is 0.843 bits per heavy atom. The third-order valence-electron chi connectivity index (χ3n) is 30.9. The van der Waals surface area contributed by atoms with Crippen molar-refractivity contribution in [3.05, 3.63) is 67.6 Å². The predicted molar refractivity (Wildman–Crippen MR) is 475 cm³/mol. The highest BCUT2D eigenvalue weighted by atomic mass is 28.4. The predicted octanol–water partition coefficient (Wildman–Crippen LogP) is 14.8. The summed E-state index contributed by atoms with van der Waals surface area (Å²) in [5.74, 6) is 6.36. The van der Waals surface area contributed by atoms with Crippen LogP contribution in [0, 0.1) is 113 Å². The van der Waals surface area contributed by atoms with Crippen LogP contribution in [0.2, 0.25) is 72.5 Å². The number of hydrogen-bond acceptors (Lipinski definition) is 24. The standard InChI is InChI=1S/C16H28O3Si.2C14H28O4Si.C14H26O3Si.C10H18BO2.C10H14O3.C8H12O3.C5H6.CO2/c1-7-18-15(17)13-11-8-9-12(10-11)14(13)19-20(5,6)16(2,3)4;2*1-14(2,3)19(4,5)18-12-9(7-15)6-10-11(12)8-17-13(10)16;1-14(2,3)18(4,5)17-12-9-6-10-11(12)8-16-13(10)15-7-9;1-6-7-8-11-12-9(2,3)10(4,5)13-11;1-2-13-10(12)8-6-3-4-7(5-6)9(8)11;9-7-4-1-5-6(7)3-11-8(5)10-2-4;1-2-4-5-3-1;2-1-3/h8-9,11-14H,7,10H2,1-6H3;2*9-13,15-16H,6-8H2,1-5H3;9-13H,6-8H2,1-5H3;7-8H,2,6H2,1,3-5H3;3-4,6-9,11H,2,5H2,1H3;4-9H,1-3H2;1-4H,5H2;/q;;;;+1;;;;/t;9-,10?,11-,12-,13?;9-,10?,11-,12-,13+;;;;;;/m.11....../s1. The number of rotatable bonds is 16. The van der Waals surface area contributed by atoms with E-state index in [1.165, 1.54) is 6.42 Å². The number of carbonyl (C=O) groups is 2. The van der Waals surface area contributed by atoms with Gasteiger partial charge in [0.25, 0.3) is 0 Å². The SMILES string of the molecule is C1=CCC=C1.CC(C)(C)[Si](C)(C)OC1C2COC3OCC1C3C2.CC(C)(C)[Si](C)(C)O[C@@H]1[C@@H](CO)CC2C(O)OC[C@H]21.CC(C)(C)[Si](C)(C)O[C@@H]1[C@@H](CO)CC2[C@H]1CO[C@@H]2O.CCOC(=O)C1C2C=CC(C2)C1O.CCOC(=O)C1C2C=CC(C2)C1O[Si](C)(C)C(C)(C)C.O=C=O.OC1C2COC3OCC1C3C2.[CH2+]C1(C)OB(C=CCC)OC1(C)C. The van der Waals surface area contributed by atoms with E-state index >= 15 is 0 Å². The first-order chi connectivity index (χ1) is 56.2. The molecule has 0 amide bonds. The average Bonchev–Trinajstić information content (AvgIpc) is 1.59. The Kier molecular flexibility index (Phi) is 36.2. The van der Waals surface area contributed by atoms with E-state index in [1.807, 2.05) is 51.9 Å². The van der Waals surface area contributed by atoms with Crippen molar-refractivity contribution in [2.45, 2.75) is 322 Å². The van der Waals surface area contributed by atoms with Gasteiger partial charge in [-0.15, -0.1) is 0 Å². The van der Waals surface area contributed by atoms with Crippen LogP contribution in [0.15, 0.2) is 60.7 Å². The maximum absolute atomic E-state index is 12.3. The van der Waals surface area contributed by atoms with Crippen molar-refractivity contribution >= 4 is 58.5 Å². The highest BCUT2D eigenvalue weighted by Gasteiger charge is 2.61. The summed E-state index contributed by atoms with van der Waals surface area (Å²) >= 11 is 0. The number of fused-ring (bicyclic) bond motifs is 8. The molecule has 7 saturated heterocycles. The van der Waals surface area contributed by atoms with E-state index in [4.69, 9.17) is 74.5 Å². The van der Waals surface area contributed by atoms with Gasteiger partial charge >= 0.3 is 25.2 Å². The first kappa shape index (κ1) is 103. The van der Waals surface area contributed by atoms with Crippen LogP contribution in [-0.4, -0.2) is 228 Å². The third kappa shape index (κ3) is 24.6. The summed E-state index contributed by atoms with van der Waals surface area (Å²) in [6.45, 7) is 66.1. The highest BCUT2D eigenvalue weighted by Crippen LogP contribution is 2.56. The van der Waals surface area contributed by atoms with Crippen LogP contribution in [0.1, 0.15) is 176 Å². The molecule has 24 nitrogen and oxygen atoms in total. The normalized spacial score (nSPS) is 38.6. The van der Waals surface area contributed by atoms with E-state index in [9.17, 15) is 40.2 Å². The Balaban J connectivity index is 0.000000174. The van der Waals surface area contributed by atoms with Gasteiger partial charge < -0.3 is 95.5 Å². The molecular formula is C92H160BO24Si4+. The molecule has 8 bridgehead atoms. The van der Waals surface area contributed by atoms with Gasteiger partial charge in [0.05, 0.1) is 108 Å². The van der Waals surface area contributed by atoms with Crippen LogP contribution in [0.5, 0.6) is 0 Å². The summed E-state index contributed by atoms with van der Waals surface area (Å²) in [6, 6.07) is 0. The van der Waals surface area contributed by atoms with E-state index in [2.05, 4.69) is 186 Å². The lowest BCUT2D eigenvalue weighted by molar-refractivity contribution is -0.192. The minimum Gasteiger partial charge on any atom is -0.466 e. The van der Waals surface area contributed by atoms with Crippen molar-refractivity contribution in [1.29, 1.82) is 0 Å². The Morgan fingerprint density at radius 1 is 0.471 bits per heavy atom. The number of aliphatic hydroxyl groups excluding tert-OH is 6. The first-order valence-electron chi connectivity index (χ1n) is 45.4. The van der Waals surface area contributed by atoms with E-state index in [0.29, 0.717) is 93.1 Å². The lowest BCUT2D eigenvalue weighted by Gasteiger charge is -2.41. The molecule has 16 rings (SSSR count). The number of hydrogen-bond donors (Lipinski definition) is 6. The summed E-state index contributed by atoms with van der Waals surface area (Å²) in [5.41, 5.74) is -0.786. The minimum absolute atomic E-state index is 0.00778. The Bertz CT molecular complexity index is 3390. The molecule has 0 aromatic heterocycles. The minimum atomic E-state index is -1.86. The molecule has 0 aromatic rings. The molecule has 0 spiro atoms. The molecule has 29 atom stereocenters. The highest BCUT2D eigenvalue weighted by molar-refractivity contribution is 6.75. The zero-order chi connectivity index (χ0) is 90.3. The van der Waals surface area contributed by atoms with Crippen LogP contribution in [-0.2, 0) is 84.1 Å². The number of aliphatic hydroxyl groups is 6. The number of esters is 2. The summed E-state index contributed by atoms with van der Waals surface area (Å²) in [5, 5.41) is 59.1. The number of ether oxygens (including phenoxy) is 8. The summed E-state index contributed by atoms with van der Waals surface area (Å²) in [7, 11) is -7.50. The molecule has 6 saturated carbocycles. The van der Waals surface area contributed by atoms with Gasteiger partial charge in [0, 0.05) is 103 Å². The maximum atomic E-state index is 12.3. The molecule has 0 radical (unpaired) electrons. The molecule has 13 fully saturated rings. The average molecular weight is 1770 g/mol. The van der Waals surface area contributed by atoms with E-state index in [1.54, 1.807) is 6.92 Å². The Morgan fingerprint density at radius 3 is 1.25 bits per heavy atom. The van der Waals surface area contributed by atoms with Crippen LogP contribution in [0.25, 0.3) is 0 Å². The largest absolute Gasteiger partial charge is 0.489 e. The van der Waals surface area contributed by atoms with Gasteiger partial charge in [-0.25, -0.2) is 0 Å². The fourth-order valence-corrected chi connectivity index (χ4v) is 24.5. The van der Waals surface area contributed by atoms with Gasteiger partial charge in [0.15, 0.2) is 58.4 Å². The molecule has 16 aliphatic rings. The Labute approximate surface area is 730 Å². The van der Waals surface area contributed by atoms with Crippen molar-refractivity contribution in [2.24, 2.45) is 107 Å². The molecule has 121 heavy (non-hydrogen) atoms. The molecule has 7 heterocycles. The van der Waals surface area contributed by atoms with Gasteiger partial charge in [0.2, 0.25) is 5.60 Å². The molecular weight excluding hydrogens is 1610 g/mol. The van der Waals surface area contributed by atoms with Crippen LogP contribution in [0.3, 0.4) is 0 Å². The molecule has 22 unspecified atom stereocenters. The van der Waals surface area contributed by atoms with Crippen molar-refractivity contribution < 1.29 is 115 Å². The quantitative estimate of drug-likeness (QED) is 0.0362. The maximum Gasteiger partial charge on any atom is 0.489 e. The van der Waals surface area contributed by atoms with Gasteiger partial charge in [-0.2, -0.15) is 9.59 Å². The number of allylic oxidation sites excluding steroid dienone is 7. The summed E-state index contributed by atoms with van der Waals surface area (Å²) in [6.07, 6.45) is 25.7. The second-order valence-electron chi connectivity index (χ2n) is 43.3. The molecule has 29 heteroatoms. The fraction of sp³-hybridized carbons (Fsp3) is 0.848. The first-order valence-corrected chi connectivity index (χ1v) is 57.1. The second-order valence-corrected chi connectivity index (χ2v) is 62.4. The topological polar surface area (TPSA) is 319 Å². The fourth-order valence-electron chi connectivity index (χ4n) is 19.0. The van der Waals surface area contributed by atoms with Crippen molar-refractivity contribution in [3.8, 4) is 0 Å². The lowest BCUT2D eigenvalue weighted by Crippen LogP contribution is -2.48. The van der Waals surface area contributed by atoms with Crippen LogP contribution in [0.4, 0.5) is 0 Å². The van der Waals surface area contributed by atoms with Crippen molar-refractivity contribution in [1.82, 2.24) is 0 Å². The lowest BCUT2D eigenvalue weighted by atomic mass is 9.90. The zero-order valence-corrected chi connectivity index (χ0v) is 82.5. The van der Waals surface area contributed by atoms with Crippen LogP contribution >= 0.6 is 0 Å². The van der Waals surface area contributed by atoms with Crippen molar-refractivity contribution in [3.63, 3.8) is 0 Å². The Hall–Kier alpha value is -2.90. The van der Waals surface area contributed by atoms with Gasteiger partial charge in [0.1, 0.15) is 5.60 Å². The van der Waals surface area contributed by atoms with E-state index < -0.39 is 57.6 Å². The smallest absolute Gasteiger partial charge is 0.466 e. The summed E-state index contributed by atoms with van der Waals surface area (Å²) in [4.78, 5) is 39.9. The number of carbonyl (C=O) groups excluding carboxylic acids is 4. The van der Waals surface area contributed by atoms with Gasteiger partial charge in [-0.1, -0.05) is 151 Å². The molecule has 9 aliphatic carbocycles. The molecule has 6 N–H and O–H groups in total. The molecule has 690 valence electrons.